The maximum absolute atomic E-state index is 12.2. The second kappa shape index (κ2) is 6.13. The SMILES string of the molecule is C=C(C)CN(C)S(=O)(=O)c1ccc(CCN)cc1. The highest BCUT2D eigenvalue weighted by atomic mass is 32.2. The van der Waals surface area contributed by atoms with Crippen LogP contribution in [0, 0.1) is 0 Å². The quantitative estimate of drug-likeness (QED) is 0.793. The molecule has 0 saturated heterocycles. The van der Waals surface area contributed by atoms with Crippen LogP contribution >= 0.6 is 0 Å². The van der Waals surface area contributed by atoms with Crippen LogP contribution in [-0.4, -0.2) is 32.9 Å². The van der Waals surface area contributed by atoms with Crippen LogP contribution in [0.15, 0.2) is 41.3 Å². The molecule has 0 fully saturated rings. The van der Waals surface area contributed by atoms with E-state index in [9.17, 15) is 8.42 Å². The molecule has 0 aromatic heterocycles. The fourth-order valence-electron chi connectivity index (χ4n) is 1.64. The third-order valence-electron chi connectivity index (χ3n) is 2.56. The van der Waals surface area contributed by atoms with E-state index in [2.05, 4.69) is 6.58 Å². The van der Waals surface area contributed by atoms with Gasteiger partial charge in [0.1, 0.15) is 0 Å². The molecule has 0 heterocycles. The van der Waals surface area contributed by atoms with Gasteiger partial charge in [-0.15, -0.1) is 0 Å². The van der Waals surface area contributed by atoms with Gasteiger partial charge in [0.05, 0.1) is 4.90 Å². The van der Waals surface area contributed by atoms with Crippen molar-refractivity contribution in [3.05, 3.63) is 42.0 Å². The Morgan fingerprint density at radius 2 is 1.89 bits per heavy atom. The number of sulfonamides is 1. The smallest absolute Gasteiger partial charge is 0.243 e. The molecule has 0 atom stereocenters. The van der Waals surface area contributed by atoms with Crippen molar-refractivity contribution in [2.75, 3.05) is 20.1 Å². The van der Waals surface area contributed by atoms with Gasteiger partial charge in [-0.1, -0.05) is 24.3 Å². The van der Waals surface area contributed by atoms with Crippen molar-refractivity contribution in [1.82, 2.24) is 4.31 Å². The van der Waals surface area contributed by atoms with Crippen LogP contribution in [0.2, 0.25) is 0 Å². The Morgan fingerprint density at radius 3 is 2.33 bits per heavy atom. The molecule has 18 heavy (non-hydrogen) atoms. The first-order chi connectivity index (χ1) is 8.37. The molecule has 0 aliphatic rings. The summed E-state index contributed by atoms with van der Waals surface area (Å²) < 4.78 is 25.7. The average molecular weight is 268 g/mol. The lowest BCUT2D eigenvalue weighted by Gasteiger charge is -2.17. The zero-order valence-corrected chi connectivity index (χ0v) is 11.7. The van der Waals surface area contributed by atoms with Gasteiger partial charge in [0.25, 0.3) is 0 Å². The zero-order chi connectivity index (χ0) is 13.8. The number of nitrogens with zero attached hydrogens (tertiary/aromatic N) is 1. The van der Waals surface area contributed by atoms with Gasteiger partial charge in [0, 0.05) is 13.6 Å². The van der Waals surface area contributed by atoms with E-state index < -0.39 is 10.0 Å². The second-order valence-corrected chi connectivity index (χ2v) is 6.45. The Labute approximate surface area is 109 Å². The summed E-state index contributed by atoms with van der Waals surface area (Å²) in [6, 6.07) is 6.84. The largest absolute Gasteiger partial charge is 0.330 e. The van der Waals surface area contributed by atoms with E-state index in [4.69, 9.17) is 5.73 Å². The summed E-state index contributed by atoms with van der Waals surface area (Å²) in [5.41, 5.74) is 7.30. The average Bonchev–Trinajstić information content (AvgIpc) is 2.29. The van der Waals surface area contributed by atoms with Gasteiger partial charge < -0.3 is 5.73 Å². The summed E-state index contributed by atoms with van der Waals surface area (Å²) >= 11 is 0. The molecule has 2 N–H and O–H groups in total. The number of benzene rings is 1. The summed E-state index contributed by atoms with van der Waals surface area (Å²) in [6.45, 7) is 6.41. The maximum atomic E-state index is 12.2. The number of hydrogen-bond acceptors (Lipinski definition) is 3. The molecule has 5 heteroatoms. The molecule has 4 nitrogen and oxygen atoms in total. The lowest BCUT2D eigenvalue weighted by atomic mass is 10.2. The molecule has 0 amide bonds. The van der Waals surface area contributed by atoms with Crippen molar-refractivity contribution in [2.24, 2.45) is 5.73 Å². The van der Waals surface area contributed by atoms with Gasteiger partial charge in [-0.05, 0) is 37.6 Å². The molecule has 0 aliphatic carbocycles. The van der Waals surface area contributed by atoms with Crippen LogP contribution < -0.4 is 5.73 Å². The van der Waals surface area contributed by atoms with E-state index in [1.165, 1.54) is 4.31 Å². The minimum Gasteiger partial charge on any atom is -0.330 e. The van der Waals surface area contributed by atoms with E-state index >= 15 is 0 Å². The van der Waals surface area contributed by atoms with Crippen molar-refractivity contribution in [3.63, 3.8) is 0 Å². The van der Waals surface area contributed by atoms with Gasteiger partial charge >= 0.3 is 0 Å². The summed E-state index contributed by atoms with van der Waals surface area (Å²) in [4.78, 5) is 0.298. The molecule has 0 radical (unpaired) electrons. The first-order valence-corrected chi connectivity index (χ1v) is 7.21. The van der Waals surface area contributed by atoms with Crippen molar-refractivity contribution in [1.29, 1.82) is 0 Å². The van der Waals surface area contributed by atoms with Crippen LogP contribution in [0.3, 0.4) is 0 Å². The molecule has 0 saturated carbocycles. The minimum absolute atomic E-state index is 0.298. The number of rotatable bonds is 6. The van der Waals surface area contributed by atoms with Crippen LogP contribution in [0.5, 0.6) is 0 Å². The summed E-state index contributed by atoms with van der Waals surface area (Å²) in [5, 5.41) is 0. The molecular formula is C13H20N2O2S. The highest BCUT2D eigenvalue weighted by Crippen LogP contribution is 2.16. The molecule has 0 aliphatic heterocycles. The van der Waals surface area contributed by atoms with E-state index in [0.29, 0.717) is 18.0 Å². The number of likely N-dealkylation sites (N-methyl/N-ethyl adjacent to an activating group) is 1. The van der Waals surface area contributed by atoms with Gasteiger partial charge in [0.2, 0.25) is 10.0 Å². The Balaban J connectivity index is 2.94. The summed E-state index contributed by atoms with van der Waals surface area (Å²) in [5.74, 6) is 0. The predicted molar refractivity (Wildman–Crippen MR) is 73.8 cm³/mol. The normalized spacial score (nSPS) is 11.8. The third-order valence-corrected chi connectivity index (χ3v) is 4.37. The van der Waals surface area contributed by atoms with Crippen LogP contribution in [0.25, 0.3) is 0 Å². The Morgan fingerprint density at radius 1 is 1.33 bits per heavy atom. The van der Waals surface area contributed by atoms with E-state index in [-0.39, 0.29) is 0 Å². The molecule has 1 aromatic rings. The van der Waals surface area contributed by atoms with Gasteiger partial charge in [-0.2, -0.15) is 4.31 Å². The molecule has 0 unspecified atom stereocenters. The predicted octanol–water partition coefficient (Wildman–Crippen LogP) is 1.38. The highest BCUT2D eigenvalue weighted by molar-refractivity contribution is 7.89. The zero-order valence-electron chi connectivity index (χ0n) is 10.9. The lowest BCUT2D eigenvalue weighted by Crippen LogP contribution is -2.28. The Kier molecular flexibility index (Phi) is 5.07. The Hall–Kier alpha value is -1.17. The number of hydrogen-bond donors (Lipinski definition) is 1. The Bertz CT molecular complexity index is 506. The molecule has 1 aromatic carbocycles. The van der Waals surface area contributed by atoms with Gasteiger partial charge in [0.15, 0.2) is 0 Å². The molecule has 1 rings (SSSR count). The van der Waals surface area contributed by atoms with E-state index in [1.54, 1.807) is 38.2 Å². The van der Waals surface area contributed by atoms with Crippen LogP contribution in [-0.2, 0) is 16.4 Å². The first kappa shape index (κ1) is 14.9. The summed E-state index contributed by atoms with van der Waals surface area (Å²) in [7, 11) is -1.87. The van der Waals surface area contributed by atoms with Crippen molar-refractivity contribution >= 4 is 10.0 Å². The maximum Gasteiger partial charge on any atom is 0.243 e. The number of nitrogens with two attached hydrogens (primary N) is 1. The van der Waals surface area contributed by atoms with Crippen LogP contribution in [0.4, 0.5) is 0 Å². The molecular weight excluding hydrogens is 248 g/mol. The monoisotopic (exact) mass is 268 g/mol. The first-order valence-electron chi connectivity index (χ1n) is 5.77. The van der Waals surface area contributed by atoms with E-state index in [0.717, 1.165) is 17.6 Å². The van der Waals surface area contributed by atoms with Gasteiger partial charge in [-0.25, -0.2) is 8.42 Å². The van der Waals surface area contributed by atoms with Crippen molar-refractivity contribution in [2.45, 2.75) is 18.2 Å². The highest BCUT2D eigenvalue weighted by Gasteiger charge is 2.20. The molecule has 100 valence electrons. The fourth-order valence-corrected chi connectivity index (χ4v) is 2.87. The standard InChI is InChI=1S/C13H20N2O2S/c1-11(2)10-15(3)18(16,17)13-6-4-12(5-7-13)8-9-14/h4-7H,1,8-10,14H2,2-3H3. The van der Waals surface area contributed by atoms with Crippen LogP contribution in [0.1, 0.15) is 12.5 Å². The van der Waals surface area contributed by atoms with Crippen molar-refractivity contribution < 1.29 is 8.42 Å². The third kappa shape index (κ3) is 3.66. The fraction of sp³-hybridized carbons (Fsp3) is 0.385. The van der Waals surface area contributed by atoms with Gasteiger partial charge in [-0.3, -0.25) is 0 Å². The summed E-state index contributed by atoms with van der Waals surface area (Å²) in [6.07, 6.45) is 0.752. The van der Waals surface area contributed by atoms with E-state index in [1.807, 2.05) is 0 Å². The van der Waals surface area contributed by atoms with Crippen molar-refractivity contribution in [3.8, 4) is 0 Å². The molecule has 0 spiro atoms. The minimum atomic E-state index is -3.42. The topological polar surface area (TPSA) is 63.4 Å². The molecule has 0 bridgehead atoms. The second-order valence-electron chi connectivity index (χ2n) is 4.40. The lowest BCUT2D eigenvalue weighted by molar-refractivity contribution is 0.493.